The summed E-state index contributed by atoms with van der Waals surface area (Å²) in [5.74, 6) is -0.941. The van der Waals surface area contributed by atoms with Crippen molar-refractivity contribution < 1.29 is 18.0 Å². The lowest BCUT2D eigenvalue weighted by atomic mass is 9.91. The van der Waals surface area contributed by atoms with Crippen molar-refractivity contribution >= 4 is 21.6 Å². The summed E-state index contributed by atoms with van der Waals surface area (Å²) in [6.07, 6.45) is 4.34. The first-order chi connectivity index (χ1) is 12.9. The third-order valence-electron chi connectivity index (χ3n) is 5.22. The third-order valence-corrected chi connectivity index (χ3v) is 7.12. The van der Waals surface area contributed by atoms with Gasteiger partial charge < -0.3 is 4.90 Å². The number of nitrogens with zero attached hydrogens (tertiary/aromatic N) is 2. The number of allylic oxidation sites excluding steroid dienone is 2. The lowest BCUT2D eigenvalue weighted by Crippen LogP contribution is -2.42. The average molecular weight is 391 g/mol. The molecule has 1 aliphatic carbocycles. The molecule has 3 rings (SSSR count). The highest BCUT2D eigenvalue weighted by Crippen LogP contribution is 2.33. The average Bonchev–Trinajstić information content (AvgIpc) is 2.69. The van der Waals surface area contributed by atoms with Crippen LogP contribution in [0.15, 0.2) is 34.9 Å². The maximum absolute atomic E-state index is 13.3. The zero-order chi connectivity index (χ0) is 19.6. The predicted octanol–water partition coefficient (Wildman–Crippen LogP) is 2.82. The Morgan fingerprint density at radius 3 is 2.19 bits per heavy atom. The van der Waals surface area contributed by atoms with Crippen molar-refractivity contribution in [3.05, 3.63) is 46.0 Å². The number of unbranched alkanes of at least 4 members (excludes halogenated alkanes) is 1. The first-order valence-electron chi connectivity index (χ1n) is 9.53. The molecule has 0 radical (unpaired) electrons. The van der Waals surface area contributed by atoms with Gasteiger partial charge in [0.1, 0.15) is 5.70 Å². The third kappa shape index (κ3) is 3.58. The summed E-state index contributed by atoms with van der Waals surface area (Å²) < 4.78 is 27.8. The monoisotopic (exact) mass is 390 g/mol. The van der Waals surface area contributed by atoms with Crippen LogP contribution in [0.3, 0.4) is 0 Å². The molecule has 0 spiro atoms. The molecule has 7 heteroatoms. The van der Waals surface area contributed by atoms with Crippen LogP contribution in [0.25, 0.3) is 0 Å². The number of piperidine rings is 1. The van der Waals surface area contributed by atoms with Crippen molar-refractivity contribution in [3.8, 4) is 0 Å². The molecule has 0 saturated carbocycles. The number of benzene rings is 1. The van der Waals surface area contributed by atoms with Crippen LogP contribution in [0.1, 0.15) is 59.7 Å². The van der Waals surface area contributed by atoms with Gasteiger partial charge in [0.05, 0.1) is 0 Å². The Morgan fingerprint density at radius 1 is 1.00 bits per heavy atom. The molecule has 0 amide bonds. The van der Waals surface area contributed by atoms with Crippen molar-refractivity contribution in [2.24, 2.45) is 0 Å². The molecule has 0 atom stereocenters. The number of fused-ring (bicyclic) bond motifs is 1. The molecule has 1 saturated heterocycles. The van der Waals surface area contributed by atoms with Gasteiger partial charge in [-0.3, -0.25) is 9.59 Å². The molecule has 1 aromatic rings. The first kappa shape index (κ1) is 19.8. The molecule has 0 unspecified atom stereocenters. The number of hydrogen-bond donors (Lipinski definition) is 0. The fraction of sp³-hybridized carbons (Fsp3) is 0.500. The van der Waals surface area contributed by atoms with Crippen molar-refractivity contribution in [2.45, 2.75) is 39.0 Å². The van der Waals surface area contributed by atoms with Gasteiger partial charge in [-0.1, -0.05) is 37.6 Å². The van der Waals surface area contributed by atoms with Crippen LogP contribution >= 0.6 is 0 Å². The molecule has 0 bridgehead atoms. The number of sulfonamides is 1. The molecule has 0 N–H and O–H groups in total. The summed E-state index contributed by atoms with van der Waals surface area (Å²) >= 11 is 0. The van der Waals surface area contributed by atoms with Gasteiger partial charge in [0, 0.05) is 37.8 Å². The van der Waals surface area contributed by atoms with E-state index in [1.807, 2.05) is 6.92 Å². The normalized spacial score (nSPS) is 18.3. The van der Waals surface area contributed by atoms with E-state index in [1.165, 1.54) is 17.4 Å². The van der Waals surface area contributed by atoms with Gasteiger partial charge in [0.25, 0.3) is 0 Å². The number of hydrogen-bond acceptors (Lipinski definition) is 5. The zero-order valence-corrected chi connectivity index (χ0v) is 16.7. The Balaban J connectivity index is 2.17. The van der Waals surface area contributed by atoms with Crippen LogP contribution in [0.5, 0.6) is 0 Å². The number of likely N-dealkylation sites (tertiary alicyclic amines) is 1. The first-order valence-corrected chi connectivity index (χ1v) is 11.0. The van der Waals surface area contributed by atoms with E-state index < -0.39 is 15.8 Å². The summed E-state index contributed by atoms with van der Waals surface area (Å²) in [4.78, 5) is 27.9. The minimum Gasteiger partial charge on any atom is -0.367 e. The van der Waals surface area contributed by atoms with E-state index in [2.05, 4.69) is 0 Å². The van der Waals surface area contributed by atoms with Gasteiger partial charge in [0.2, 0.25) is 21.6 Å². The van der Waals surface area contributed by atoms with Crippen LogP contribution in [0.2, 0.25) is 0 Å². The smallest absolute Gasteiger partial charge is 0.248 e. The molecular weight excluding hydrogens is 364 g/mol. The van der Waals surface area contributed by atoms with Gasteiger partial charge in [-0.15, -0.1) is 0 Å². The fourth-order valence-corrected chi connectivity index (χ4v) is 5.13. The highest BCUT2D eigenvalue weighted by Gasteiger charge is 2.42. The minimum atomic E-state index is -4.06. The number of ketones is 2. The summed E-state index contributed by atoms with van der Waals surface area (Å²) in [5.41, 5.74) is 0.519. The van der Waals surface area contributed by atoms with E-state index in [1.54, 1.807) is 23.1 Å². The number of rotatable bonds is 6. The Bertz CT molecular complexity index is 883. The van der Waals surface area contributed by atoms with Crippen LogP contribution in [-0.2, 0) is 10.0 Å². The predicted molar refractivity (Wildman–Crippen MR) is 104 cm³/mol. The molecule has 1 aromatic carbocycles. The summed E-state index contributed by atoms with van der Waals surface area (Å²) in [7, 11) is -2.58. The van der Waals surface area contributed by atoms with Crippen LogP contribution in [0.4, 0.5) is 0 Å². The van der Waals surface area contributed by atoms with E-state index in [4.69, 9.17) is 0 Å². The number of carbonyl (C=O) groups excluding carboxylic acids is 2. The van der Waals surface area contributed by atoms with Crippen LogP contribution < -0.4 is 0 Å². The van der Waals surface area contributed by atoms with Crippen molar-refractivity contribution in [1.82, 2.24) is 9.21 Å². The second-order valence-corrected chi connectivity index (χ2v) is 9.09. The minimum absolute atomic E-state index is 0.0572. The second-order valence-electron chi connectivity index (χ2n) is 7.11. The van der Waals surface area contributed by atoms with Crippen molar-refractivity contribution in [1.29, 1.82) is 0 Å². The Hall–Kier alpha value is -1.99. The lowest BCUT2D eigenvalue weighted by Gasteiger charge is -2.34. The maximum Gasteiger partial charge on any atom is 0.248 e. The van der Waals surface area contributed by atoms with E-state index in [-0.39, 0.29) is 21.9 Å². The topological polar surface area (TPSA) is 74.8 Å². The summed E-state index contributed by atoms with van der Waals surface area (Å²) in [6.45, 7) is 3.48. The van der Waals surface area contributed by atoms with Gasteiger partial charge in [-0.25, -0.2) is 12.7 Å². The molecule has 0 aromatic heterocycles. The quantitative estimate of drug-likeness (QED) is 0.747. The van der Waals surface area contributed by atoms with Gasteiger partial charge >= 0.3 is 0 Å². The molecule has 1 aliphatic heterocycles. The highest BCUT2D eigenvalue weighted by atomic mass is 32.2. The maximum atomic E-state index is 13.3. The largest absolute Gasteiger partial charge is 0.367 e. The lowest BCUT2D eigenvalue weighted by molar-refractivity contribution is 0.0939. The zero-order valence-electron chi connectivity index (χ0n) is 15.9. The fourth-order valence-electron chi connectivity index (χ4n) is 3.64. The van der Waals surface area contributed by atoms with Gasteiger partial charge in [-0.05, 0) is 25.7 Å². The molecule has 2 aliphatic rings. The van der Waals surface area contributed by atoms with E-state index in [0.717, 1.165) is 25.7 Å². The van der Waals surface area contributed by atoms with E-state index >= 15 is 0 Å². The molecular formula is C20H26N2O4S. The molecule has 146 valence electrons. The second kappa shape index (κ2) is 7.94. The summed E-state index contributed by atoms with van der Waals surface area (Å²) in [5, 5.41) is 0. The molecule has 6 nitrogen and oxygen atoms in total. The van der Waals surface area contributed by atoms with Crippen molar-refractivity contribution in [2.75, 3.05) is 26.7 Å². The highest BCUT2D eigenvalue weighted by molar-refractivity contribution is 7.94. The van der Waals surface area contributed by atoms with Gasteiger partial charge in [0.15, 0.2) is 4.91 Å². The Kier molecular flexibility index (Phi) is 5.81. The van der Waals surface area contributed by atoms with Crippen molar-refractivity contribution in [3.63, 3.8) is 0 Å². The molecule has 1 fully saturated rings. The Labute approximate surface area is 160 Å². The molecule has 27 heavy (non-hydrogen) atoms. The number of Topliss-reactive ketones (excluding diaryl/α,β-unsaturated/α-hetero) is 2. The SMILES string of the molecule is CCCCN(C)S(=O)(=O)C1=C(N2CCCCC2)C(=O)c2ccccc2C1=O. The van der Waals surface area contributed by atoms with Crippen LogP contribution in [0, 0.1) is 0 Å². The van der Waals surface area contributed by atoms with Gasteiger partial charge in [-0.2, -0.15) is 0 Å². The molecule has 1 heterocycles. The summed E-state index contributed by atoms with van der Waals surface area (Å²) in [6, 6.07) is 6.49. The standard InChI is InChI=1S/C20H26N2O4S/c1-3-4-12-21(2)27(25,26)20-17(22-13-8-5-9-14-22)18(23)15-10-6-7-11-16(15)19(20)24/h6-7,10-11H,3-5,8-9,12-14H2,1-2H3. The number of carbonyl (C=O) groups is 2. The van der Waals surface area contributed by atoms with Crippen LogP contribution in [-0.4, -0.2) is 55.9 Å². The Morgan fingerprint density at radius 2 is 1.59 bits per heavy atom. The van der Waals surface area contributed by atoms with E-state index in [9.17, 15) is 18.0 Å². The van der Waals surface area contributed by atoms with E-state index in [0.29, 0.717) is 31.6 Å².